The molecule has 1 aromatic heterocycles. The number of nitrogens with two attached hydrogens (primary N) is 3. The molecular weight excluding hydrogens is 620 g/mol. The Morgan fingerprint density at radius 2 is 1.67 bits per heavy atom. The second-order valence-corrected chi connectivity index (χ2v) is 11.4. The van der Waals surface area contributed by atoms with Crippen LogP contribution in [0.3, 0.4) is 0 Å². The summed E-state index contributed by atoms with van der Waals surface area (Å²) in [4.78, 5) is 24.8. The molecule has 0 saturated carbocycles. The van der Waals surface area contributed by atoms with Gasteiger partial charge in [0.1, 0.15) is 30.7 Å². The van der Waals surface area contributed by atoms with Gasteiger partial charge in [-0.3, -0.25) is 15.6 Å². The molecule has 0 bridgehead atoms. The maximum Gasteiger partial charge on any atom is 0.348 e. The van der Waals surface area contributed by atoms with Crippen LogP contribution in [0.1, 0.15) is 61.5 Å². The van der Waals surface area contributed by atoms with E-state index in [0.29, 0.717) is 32.0 Å². The molecule has 0 saturated heterocycles. The SMILES string of the molecule is CCCCCCN(CCOc1ccc(CCCC[NH+]=C(N)NC(=O)c2nc(Cl)c(N)nc2N)cc1)CC(O)C(O)C(O)C(O)CO. The van der Waals surface area contributed by atoms with E-state index in [0.717, 1.165) is 50.5 Å². The number of aryl methyl sites for hydroxylation is 1. The highest BCUT2D eigenvalue weighted by Crippen LogP contribution is 2.17. The maximum atomic E-state index is 12.3. The largest absolute Gasteiger partial charge is 0.492 e. The second-order valence-electron chi connectivity index (χ2n) is 11.0. The summed E-state index contributed by atoms with van der Waals surface area (Å²) in [5.41, 5.74) is 18.0. The number of nitrogens with zero attached hydrogens (tertiary/aromatic N) is 3. The Morgan fingerprint density at radius 1 is 0.978 bits per heavy atom. The van der Waals surface area contributed by atoms with Crippen molar-refractivity contribution in [3.05, 3.63) is 40.7 Å². The minimum absolute atomic E-state index is 0.0453. The summed E-state index contributed by atoms with van der Waals surface area (Å²) < 4.78 is 5.92. The maximum absolute atomic E-state index is 12.3. The molecule has 15 nitrogen and oxygen atoms in total. The van der Waals surface area contributed by atoms with Gasteiger partial charge in [-0.05, 0) is 49.9 Å². The molecule has 1 amide bonds. The molecule has 0 radical (unpaired) electrons. The lowest BCUT2D eigenvalue weighted by Gasteiger charge is -2.30. The van der Waals surface area contributed by atoms with E-state index in [9.17, 15) is 25.2 Å². The first-order chi connectivity index (χ1) is 22.0. The average molecular weight is 670 g/mol. The van der Waals surface area contributed by atoms with Gasteiger partial charge in [-0.15, -0.1) is 0 Å². The Hall–Kier alpha value is -3.31. The second kappa shape index (κ2) is 20.7. The van der Waals surface area contributed by atoms with E-state index in [1.54, 1.807) is 0 Å². The Labute approximate surface area is 274 Å². The number of aliphatic hydroxyl groups excluding tert-OH is 5. The number of amides is 1. The van der Waals surface area contributed by atoms with E-state index < -0.39 is 36.9 Å². The summed E-state index contributed by atoms with van der Waals surface area (Å²) >= 11 is 5.81. The average Bonchev–Trinajstić information content (AvgIpc) is 3.03. The summed E-state index contributed by atoms with van der Waals surface area (Å²) in [6, 6.07) is 7.76. The molecule has 1 aromatic carbocycles. The monoisotopic (exact) mass is 669 g/mol. The zero-order valence-electron chi connectivity index (χ0n) is 26.3. The van der Waals surface area contributed by atoms with Gasteiger partial charge in [0.2, 0.25) is 0 Å². The number of nitrogen functional groups attached to an aromatic ring is 2. The van der Waals surface area contributed by atoms with Crippen LogP contribution >= 0.6 is 11.6 Å². The highest BCUT2D eigenvalue weighted by atomic mass is 35.5. The molecule has 0 aliphatic carbocycles. The van der Waals surface area contributed by atoms with Gasteiger partial charge in [-0.1, -0.05) is 49.9 Å². The number of carbonyl (C=O) groups is 1. The molecule has 0 aliphatic heterocycles. The predicted molar refractivity (Wildman–Crippen MR) is 175 cm³/mol. The Morgan fingerprint density at radius 3 is 2.35 bits per heavy atom. The van der Waals surface area contributed by atoms with E-state index >= 15 is 0 Å². The number of carbonyl (C=O) groups excluding carboxylic acids is 1. The number of hydrogen-bond acceptors (Lipinski definition) is 12. The van der Waals surface area contributed by atoms with Crippen molar-refractivity contribution in [3.8, 4) is 5.75 Å². The van der Waals surface area contributed by atoms with Crippen LogP contribution in [0.5, 0.6) is 5.75 Å². The molecule has 46 heavy (non-hydrogen) atoms. The Balaban J connectivity index is 1.76. The zero-order chi connectivity index (χ0) is 34.1. The molecule has 1 heterocycles. The molecule has 0 aliphatic rings. The highest BCUT2D eigenvalue weighted by molar-refractivity contribution is 6.31. The van der Waals surface area contributed by atoms with Crippen LogP contribution in [-0.2, 0) is 6.42 Å². The molecule has 2 rings (SSSR count). The first kappa shape index (κ1) is 38.9. The fourth-order valence-corrected chi connectivity index (χ4v) is 4.68. The lowest BCUT2D eigenvalue weighted by molar-refractivity contribution is -0.460. The van der Waals surface area contributed by atoms with Crippen molar-refractivity contribution in [2.75, 3.05) is 50.9 Å². The lowest BCUT2D eigenvalue weighted by Crippen LogP contribution is -2.79. The van der Waals surface area contributed by atoms with Crippen LogP contribution in [0.2, 0.25) is 5.15 Å². The number of rotatable bonds is 21. The predicted octanol–water partition coefficient (Wildman–Crippen LogP) is -1.86. The van der Waals surface area contributed by atoms with Crippen molar-refractivity contribution in [2.45, 2.75) is 76.3 Å². The van der Waals surface area contributed by atoms with E-state index in [2.05, 4.69) is 27.2 Å². The number of aromatic nitrogens is 2. The smallest absolute Gasteiger partial charge is 0.348 e. The third-order valence-corrected chi connectivity index (χ3v) is 7.55. The van der Waals surface area contributed by atoms with Crippen molar-refractivity contribution in [1.29, 1.82) is 0 Å². The Bertz CT molecular complexity index is 1220. The highest BCUT2D eigenvalue weighted by Gasteiger charge is 2.31. The van der Waals surface area contributed by atoms with Gasteiger partial charge >= 0.3 is 11.9 Å². The molecular formula is C30H50ClN8O7+. The lowest BCUT2D eigenvalue weighted by atomic mass is 10.0. The van der Waals surface area contributed by atoms with E-state index in [-0.39, 0.29) is 35.0 Å². The minimum atomic E-state index is -1.66. The first-order valence-corrected chi connectivity index (χ1v) is 15.9. The van der Waals surface area contributed by atoms with Crippen LogP contribution in [-0.4, -0.2) is 116 Å². The number of halogens is 1. The number of aliphatic hydroxyl groups is 5. The van der Waals surface area contributed by atoms with Crippen molar-refractivity contribution >= 4 is 35.1 Å². The minimum Gasteiger partial charge on any atom is -0.492 e. The number of ether oxygens (including phenoxy) is 1. The number of hydrogen-bond donors (Lipinski definition) is 10. The van der Waals surface area contributed by atoms with Gasteiger partial charge < -0.3 is 41.7 Å². The Kier molecular flexibility index (Phi) is 17.5. The van der Waals surface area contributed by atoms with E-state index in [1.807, 2.05) is 29.2 Å². The molecule has 13 N–H and O–H groups in total. The van der Waals surface area contributed by atoms with Gasteiger partial charge in [0.05, 0.1) is 19.3 Å². The number of benzene rings is 1. The number of nitrogens with one attached hydrogen (secondary N) is 2. The van der Waals surface area contributed by atoms with Crippen LogP contribution < -0.4 is 32.2 Å². The molecule has 2 aromatic rings. The van der Waals surface area contributed by atoms with Crippen molar-refractivity contribution in [2.24, 2.45) is 5.73 Å². The van der Waals surface area contributed by atoms with E-state index in [4.69, 9.17) is 38.6 Å². The topological polar surface area (TPSA) is 261 Å². The van der Waals surface area contributed by atoms with Gasteiger partial charge in [0, 0.05) is 13.1 Å². The molecule has 16 heteroatoms. The molecule has 4 atom stereocenters. The van der Waals surface area contributed by atoms with Crippen LogP contribution in [0.25, 0.3) is 0 Å². The fourth-order valence-electron chi connectivity index (χ4n) is 4.55. The van der Waals surface area contributed by atoms with Crippen LogP contribution in [0.15, 0.2) is 24.3 Å². The summed E-state index contributed by atoms with van der Waals surface area (Å²) in [5.74, 6) is -0.150. The summed E-state index contributed by atoms with van der Waals surface area (Å²) in [6.07, 6.45) is 0.491. The third-order valence-electron chi connectivity index (χ3n) is 7.27. The molecule has 4 unspecified atom stereocenters. The quantitative estimate of drug-likeness (QED) is 0.0398. The van der Waals surface area contributed by atoms with Gasteiger partial charge in [0.25, 0.3) is 0 Å². The number of guanidine groups is 1. The van der Waals surface area contributed by atoms with Gasteiger partial charge in [-0.25, -0.2) is 20.1 Å². The van der Waals surface area contributed by atoms with Gasteiger partial charge in [0.15, 0.2) is 22.5 Å². The number of anilines is 2. The molecule has 258 valence electrons. The van der Waals surface area contributed by atoms with Crippen LogP contribution in [0.4, 0.5) is 11.6 Å². The zero-order valence-corrected chi connectivity index (χ0v) is 27.1. The van der Waals surface area contributed by atoms with Crippen molar-refractivity contribution < 1.29 is 40.1 Å². The summed E-state index contributed by atoms with van der Waals surface area (Å²) in [5, 5.41) is 51.6. The normalized spacial score (nSPS) is 14.6. The summed E-state index contributed by atoms with van der Waals surface area (Å²) in [7, 11) is 0. The fraction of sp³-hybridized carbons (Fsp3) is 0.600. The standard InChI is InChI=1S/C30H49ClN8O7/c1-2-3-4-7-14-39(17-21(41)24(43)25(44)22(42)18-40)15-16-46-20-11-9-19(10-12-20)8-5-6-13-35-30(34)38-29(45)23-27(32)37-28(33)26(31)36-23/h9-12,21-22,24-25,40-44H,2-8,13-18H2,1H3,(H4,32,33,37)(H3,34,35,38,45)/p+1. The number of unbranched alkanes of at least 4 members (excludes halogenated alkanes) is 4. The molecule has 0 fully saturated rings. The summed E-state index contributed by atoms with van der Waals surface area (Å²) in [6.45, 7) is 3.52. The van der Waals surface area contributed by atoms with Crippen LogP contribution in [0, 0.1) is 0 Å². The van der Waals surface area contributed by atoms with E-state index in [1.165, 1.54) is 0 Å². The first-order valence-electron chi connectivity index (χ1n) is 15.5. The van der Waals surface area contributed by atoms with Gasteiger partial charge in [-0.2, -0.15) is 0 Å². The third kappa shape index (κ3) is 13.6. The van der Waals surface area contributed by atoms with Crippen molar-refractivity contribution in [3.63, 3.8) is 0 Å². The van der Waals surface area contributed by atoms with Crippen molar-refractivity contribution in [1.82, 2.24) is 20.2 Å². The molecule has 0 spiro atoms.